The van der Waals surface area contributed by atoms with Crippen LogP contribution < -0.4 is 9.62 Å². The molecule has 2 N–H and O–H groups in total. The van der Waals surface area contributed by atoms with E-state index in [1.165, 1.54) is 0 Å². The SMILES string of the molecule is CCNS(=O)(=O)c1ccccc1N1CCCCC1CO. The molecule has 0 aliphatic carbocycles. The van der Waals surface area contributed by atoms with Crippen LogP contribution in [0, 0.1) is 0 Å². The van der Waals surface area contributed by atoms with E-state index in [9.17, 15) is 13.5 Å². The summed E-state index contributed by atoms with van der Waals surface area (Å²) in [5.41, 5.74) is 0.687. The van der Waals surface area contributed by atoms with Gasteiger partial charge in [0.2, 0.25) is 10.0 Å². The Morgan fingerprint density at radius 2 is 2.10 bits per heavy atom. The fourth-order valence-electron chi connectivity index (χ4n) is 2.70. The van der Waals surface area contributed by atoms with Crippen LogP contribution in [0.25, 0.3) is 0 Å². The molecule has 2 rings (SSSR count). The van der Waals surface area contributed by atoms with Gasteiger partial charge in [-0.15, -0.1) is 0 Å². The average Bonchev–Trinajstić information content (AvgIpc) is 2.47. The molecule has 1 unspecified atom stereocenters. The molecule has 0 saturated carbocycles. The van der Waals surface area contributed by atoms with Crippen LogP contribution in [0.15, 0.2) is 29.2 Å². The zero-order valence-corrected chi connectivity index (χ0v) is 12.6. The van der Waals surface area contributed by atoms with Gasteiger partial charge in [0.1, 0.15) is 4.90 Å². The number of aliphatic hydroxyl groups excluding tert-OH is 1. The molecule has 1 heterocycles. The summed E-state index contributed by atoms with van der Waals surface area (Å²) in [4.78, 5) is 2.32. The molecule has 1 aromatic carbocycles. The normalized spacial score (nSPS) is 20.1. The maximum absolute atomic E-state index is 12.3. The van der Waals surface area contributed by atoms with Crippen molar-refractivity contribution in [1.29, 1.82) is 0 Å². The number of rotatable bonds is 5. The van der Waals surface area contributed by atoms with Crippen LogP contribution in [0.4, 0.5) is 5.69 Å². The van der Waals surface area contributed by atoms with E-state index in [1.54, 1.807) is 19.1 Å². The van der Waals surface area contributed by atoms with Gasteiger partial charge in [-0.3, -0.25) is 0 Å². The molecule has 1 fully saturated rings. The van der Waals surface area contributed by atoms with Gasteiger partial charge in [-0.2, -0.15) is 0 Å². The van der Waals surface area contributed by atoms with Crippen LogP contribution in [0.3, 0.4) is 0 Å². The van der Waals surface area contributed by atoms with E-state index < -0.39 is 10.0 Å². The number of hydrogen-bond acceptors (Lipinski definition) is 4. The number of hydrogen-bond donors (Lipinski definition) is 2. The summed E-state index contributed by atoms with van der Waals surface area (Å²) < 4.78 is 27.1. The Morgan fingerprint density at radius 1 is 1.35 bits per heavy atom. The lowest BCUT2D eigenvalue weighted by molar-refractivity contribution is 0.239. The molecule has 1 aliphatic heterocycles. The lowest BCUT2D eigenvalue weighted by Crippen LogP contribution is -2.43. The Bertz CT molecular complexity index is 545. The van der Waals surface area contributed by atoms with Crippen molar-refractivity contribution in [2.24, 2.45) is 0 Å². The first kappa shape index (κ1) is 15.3. The molecule has 1 saturated heterocycles. The highest BCUT2D eigenvalue weighted by Crippen LogP contribution is 2.30. The predicted octanol–water partition coefficient (Wildman–Crippen LogP) is 1.34. The third-order valence-electron chi connectivity index (χ3n) is 3.64. The van der Waals surface area contributed by atoms with Crippen LogP contribution in [0.5, 0.6) is 0 Å². The van der Waals surface area contributed by atoms with Gasteiger partial charge in [-0.1, -0.05) is 19.1 Å². The van der Waals surface area contributed by atoms with Gasteiger partial charge in [0.05, 0.1) is 18.3 Å². The van der Waals surface area contributed by atoms with Gasteiger partial charge < -0.3 is 10.0 Å². The second-order valence-corrected chi connectivity index (χ2v) is 6.73. The first-order valence-electron chi connectivity index (χ1n) is 7.06. The lowest BCUT2D eigenvalue weighted by Gasteiger charge is -2.37. The second kappa shape index (κ2) is 6.56. The number of sulfonamides is 1. The Labute approximate surface area is 120 Å². The van der Waals surface area contributed by atoms with Crippen molar-refractivity contribution >= 4 is 15.7 Å². The van der Waals surface area contributed by atoms with Crippen LogP contribution in [-0.2, 0) is 10.0 Å². The van der Waals surface area contributed by atoms with E-state index in [2.05, 4.69) is 4.72 Å². The minimum Gasteiger partial charge on any atom is -0.394 e. The van der Waals surface area contributed by atoms with Crippen molar-refractivity contribution in [1.82, 2.24) is 4.72 Å². The second-order valence-electron chi connectivity index (χ2n) is 4.99. The molecule has 6 heteroatoms. The minimum atomic E-state index is -3.50. The molecule has 112 valence electrons. The van der Waals surface area contributed by atoms with E-state index in [0.29, 0.717) is 17.1 Å². The number of benzene rings is 1. The molecule has 0 bridgehead atoms. The number of anilines is 1. The van der Waals surface area contributed by atoms with Crippen LogP contribution in [0.1, 0.15) is 26.2 Å². The fourth-order valence-corrected chi connectivity index (χ4v) is 3.95. The summed E-state index contributed by atoms with van der Waals surface area (Å²) in [6.07, 6.45) is 2.99. The molecule has 5 nitrogen and oxygen atoms in total. The highest BCUT2D eigenvalue weighted by molar-refractivity contribution is 7.89. The molecule has 0 radical (unpaired) electrons. The van der Waals surface area contributed by atoms with Crippen molar-refractivity contribution in [3.63, 3.8) is 0 Å². The first-order chi connectivity index (χ1) is 9.60. The summed E-state index contributed by atoms with van der Waals surface area (Å²) in [6, 6.07) is 7.01. The van der Waals surface area contributed by atoms with E-state index in [-0.39, 0.29) is 12.6 Å². The van der Waals surface area contributed by atoms with Crippen molar-refractivity contribution < 1.29 is 13.5 Å². The minimum absolute atomic E-state index is 0.00160. The Kier molecular flexibility index (Phi) is 5.01. The quantitative estimate of drug-likeness (QED) is 0.860. The number of nitrogens with zero attached hydrogens (tertiary/aromatic N) is 1. The van der Waals surface area contributed by atoms with E-state index in [4.69, 9.17) is 0 Å². The number of nitrogens with one attached hydrogen (secondary N) is 1. The summed E-state index contributed by atoms with van der Waals surface area (Å²) in [7, 11) is -3.50. The monoisotopic (exact) mass is 298 g/mol. The highest BCUT2D eigenvalue weighted by atomic mass is 32.2. The molecule has 0 aromatic heterocycles. The predicted molar refractivity (Wildman–Crippen MR) is 79.4 cm³/mol. The maximum Gasteiger partial charge on any atom is 0.242 e. The maximum atomic E-state index is 12.3. The smallest absolute Gasteiger partial charge is 0.242 e. The Hall–Kier alpha value is -1.11. The van der Waals surface area contributed by atoms with Gasteiger partial charge >= 0.3 is 0 Å². The molecule has 1 atom stereocenters. The molecular formula is C14H22N2O3S. The molecule has 0 amide bonds. The molecule has 20 heavy (non-hydrogen) atoms. The standard InChI is InChI=1S/C14H22N2O3S/c1-2-15-20(18,19)14-9-4-3-8-13(14)16-10-6-5-7-12(16)11-17/h3-4,8-9,12,15,17H,2,5-7,10-11H2,1H3. The fraction of sp³-hybridized carbons (Fsp3) is 0.571. The molecule has 1 aliphatic rings. The summed E-state index contributed by atoms with van der Waals surface area (Å²) in [6.45, 7) is 2.96. The lowest BCUT2D eigenvalue weighted by atomic mass is 10.0. The zero-order valence-electron chi connectivity index (χ0n) is 11.7. The van der Waals surface area contributed by atoms with Crippen LogP contribution in [0.2, 0.25) is 0 Å². The van der Waals surface area contributed by atoms with Gasteiger partial charge in [-0.25, -0.2) is 13.1 Å². The first-order valence-corrected chi connectivity index (χ1v) is 8.54. The number of para-hydroxylation sites is 1. The molecule has 1 aromatic rings. The Balaban J connectivity index is 2.41. The van der Waals surface area contributed by atoms with Crippen molar-refractivity contribution in [2.45, 2.75) is 37.1 Å². The highest BCUT2D eigenvalue weighted by Gasteiger charge is 2.27. The third-order valence-corrected chi connectivity index (χ3v) is 5.23. The van der Waals surface area contributed by atoms with Crippen molar-refractivity contribution in [3.8, 4) is 0 Å². The van der Waals surface area contributed by atoms with Crippen LogP contribution in [-0.4, -0.2) is 39.3 Å². The Morgan fingerprint density at radius 3 is 2.80 bits per heavy atom. The largest absolute Gasteiger partial charge is 0.394 e. The van der Waals surface area contributed by atoms with Gasteiger partial charge in [0, 0.05) is 13.1 Å². The third kappa shape index (κ3) is 3.13. The van der Waals surface area contributed by atoms with Gasteiger partial charge in [0.25, 0.3) is 0 Å². The van der Waals surface area contributed by atoms with Gasteiger partial charge in [0.15, 0.2) is 0 Å². The van der Waals surface area contributed by atoms with E-state index >= 15 is 0 Å². The molecular weight excluding hydrogens is 276 g/mol. The summed E-state index contributed by atoms with van der Waals surface area (Å²) in [5.74, 6) is 0. The molecule has 0 spiro atoms. The van der Waals surface area contributed by atoms with Crippen LogP contribution >= 0.6 is 0 Å². The summed E-state index contributed by atoms with van der Waals surface area (Å²) >= 11 is 0. The topological polar surface area (TPSA) is 69.6 Å². The number of piperidine rings is 1. The van der Waals surface area contributed by atoms with Crippen molar-refractivity contribution in [2.75, 3.05) is 24.6 Å². The van der Waals surface area contributed by atoms with E-state index in [0.717, 1.165) is 25.8 Å². The summed E-state index contributed by atoms with van der Waals surface area (Å²) in [5, 5.41) is 9.51. The van der Waals surface area contributed by atoms with Crippen molar-refractivity contribution in [3.05, 3.63) is 24.3 Å². The average molecular weight is 298 g/mol. The van der Waals surface area contributed by atoms with Gasteiger partial charge in [-0.05, 0) is 31.4 Å². The van der Waals surface area contributed by atoms with E-state index in [1.807, 2.05) is 17.0 Å². The number of aliphatic hydroxyl groups is 1. The zero-order chi connectivity index (χ0) is 14.6.